The van der Waals surface area contributed by atoms with Gasteiger partial charge in [-0.25, -0.2) is 4.79 Å². The average Bonchev–Trinajstić information content (AvgIpc) is 2.86. The average molecular weight is 387 g/mol. The molecule has 1 saturated heterocycles. The summed E-state index contributed by atoms with van der Waals surface area (Å²) < 4.78 is 11.4. The second-order valence-corrected chi connectivity index (χ2v) is 7.62. The number of carbonyl (C=O) groups is 3. The van der Waals surface area contributed by atoms with E-state index in [-0.39, 0.29) is 25.1 Å². The Balaban J connectivity index is 1.30. The Labute approximate surface area is 163 Å². The lowest BCUT2D eigenvalue weighted by molar-refractivity contribution is -0.135. The number of benzene rings is 1. The fourth-order valence-electron chi connectivity index (χ4n) is 4.08. The van der Waals surface area contributed by atoms with Gasteiger partial charge in [0.15, 0.2) is 11.5 Å². The molecule has 1 aromatic carbocycles. The van der Waals surface area contributed by atoms with E-state index in [4.69, 9.17) is 9.47 Å². The summed E-state index contributed by atoms with van der Waals surface area (Å²) in [5.74, 6) is 0.646. The van der Waals surface area contributed by atoms with Crippen molar-refractivity contribution in [1.82, 2.24) is 15.5 Å². The molecule has 8 nitrogen and oxygen atoms in total. The van der Waals surface area contributed by atoms with Crippen molar-refractivity contribution in [1.29, 1.82) is 0 Å². The Morgan fingerprint density at radius 2 is 1.86 bits per heavy atom. The summed E-state index contributed by atoms with van der Waals surface area (Å²) in [4.78, 5) is 38.5. The topological polar surface area (TPSA) is 97.0 Å². The van der Waals surface area contributed by atoms with E-state index < -0.39 is 17.5 Å². The lowest BCUT2D eigenvalue weighted by Gasteiger charge is -2.27. The van der Waals surface area contributed by atoms with Crippen molar-refractivity contribution in [3.05, 3.63) is 24.3 Å². The zero-order valence-corrected chi connectivity index (χ0v) is 15.7. The Kier molecular flexibility index (Phi) is 5.11. The van der Waals surface area contributed by atoms with Gasteiger partial charge < -0.3 is 20.1 Å². The van der Waals surface area contributed by atoms with Gasteiger partial charge in [-0.1, -0.05) is 37.8 Å². The van der Waals surface area contributed by atoms with Crippen LogP contribution >= 0.6 is 0 Å². The highest BCUT2D eigenvalue weighted by Crippen LogP contribution is 2.33. The molecule has 28 heavy (non-hydrogen) atoms. The normalized spacial score (nSPS) is 23.3. The van der Waals surface area contributed by atoms with Crippen LogP contribution in [0.5, 0.6) is 11.5 Å². The Morgan fingerprint density at radius 1 is 1.14 bits per heavy atom. The second-order valence-electron chi connectivity index (χ2n) is 7.62. The fraction of sp³-hybridized carbons (Fsp3) is 0.550. The van der Waals surface area contributed by atoms with E-state index in [1.807, 2.05) is 24.3 Å². The van der Waals surface area contributed by atoms with Crippen LogP contribution in [0, 0.1) is 0 Å². The van der Waals surface area contributed by atoms with Crippen LogP contribution < -0.4 is 20.1 Å². The summed E-state index contributed by atoms with van der Waals surface area (Å²) >= 11 is 0. The number of urea groups is 1. The Morgan fingerprint density at radius 3 is 2.61 bits per heavy atom. The Hall–Kier alpha value is -2.77. The molecule has 2 N–H and O–H groups in total. The van der Waals surface area contributed by atoms with Crippen LogP contribution in [0.3, 0.4) is 0 Å². The number of para-hydroxylation sites is 2. The van der Waals surface area contributed by atoms with Gasteiger partial charge in [0.25, 0.3) is 5.91 Å². The fourth-order valence-corrected chi connectivity index (χ4v) is 4.08. The largest absolute Gasteiger partial charge is 0.486 e. The van der Waals surface area contributed by atoms with Crippen molar-refractivity contribution >= 4 is 17.8 Å². The van der Waals surface area contributed by atoms with Crippen LogP contribution in [0.4, 0.5) is 4.79 Å². The molecule has 0 bridgehead atoms. The van der Waals surface area contributed by atoms with E-state index in [1.54, 1.807) is 0 Å². The third kappa shape index (κ3) is 3.63. The van der Waals surface area contributed by atoms with Crippen molar-refractivity contribution in [3.8, 4) is 11.5 Å². The molecule has 8 heteroatoms. The monoisotopic (exact) mass is 387 g/mol. The number of rotatable bonds is 4. The molecule has 1 spiro atoms. The van der Waals surface area contributed by atoms with Gasteiger partial charge in [-0.3, -0.25) is 14.5 Å². The number of imide groups is 1. The third-order valence-electron chi connectivity index (χ3n) is 5.60. The first kappa shape index (κ1) is 18.6. The van der Waals surface area contributed by atoms with Crippen molar-refractivity contribution < 1.29 is 23.9 Å². The smallest absolute Gasteiger partial charge is 0.325 e. The van der Waals surface area contributed by atoms with E-state index in [0.717, 1.165) is 30.6 Å². The molecule has 2 heterocycles. The molecule has 0 unspecified atom stereocenters. The minimum atomic E-state index is -0.822. The first-order chi connectivity index (χ1) is 13.6. The van der Waals surface area contributed by atoms with Crippen molar-refractivity contribution in [2.45, 2.75) is 50.2 Å². The lowest BCUT2D eigenvalue weighted by Crippen LogP contribution is -2.48. The second kappa shape index (κ2) is 7.69. The number of amides is 4. The van der Waals surface area contributed by atoms with Gasteiger partial charge in [0, 0.05) is 0 Å². The summed E-state index contributed by atoms with van der Waals surface area (Å²) in [5, 5.41) is 5.58. The maximum Gasteiger partial charge on any atom is 0.325 e. The van der Waals surface area contributed by atoms with E-state index in [2.05, 4.69) is 10.6 Å². The molecule has 3 aliphatic rings. The van der Waals surface area contributed by atoms with Crippen LogP contribution in [0.15, 0.2) is 24.3 Å². The van der Waals surface area contributed by atoms with Gasteiger partial charge in [0.05, 0.1) is 6.54 Å². The van der Waals surface area contributed by atoms with E-state index >= 15 is 0 Å². The van der Waals surface area contributed by atoms with Crippen LogP contribution in [0.1, 0.15) is 38.5 Å². The molecule has 1 aliphatic carbocycles. The molecular weight excluding hydrogens is 362 g/mol. The lowest BCUT2D eigenvalue weighted by atomic mass is 9.90. The molecule has 4 rings (SSSR count). The molecule has 150 valence electrons. The zero-order chi connectivity index (χ0) is 19.6. The molecule has 1 aromatic rings. The molecule has 2 fully saturated rings. The van der Waals surface area contributed by atoms with E-state index in [1.165, 1.54) is 0 Å². The Bertz CT molecular complexity index is 773. The maximum atomic E-state index is 12.8. The van der Waals surface area contributed by atoms with Gasteiger partial charge in [0.1, 0.15) is 24.8 Å². The van der Waals surface area contributed by atoms with Gasteiger partial charge in [-0.15, -0.1) is 0 Å². The SMILES string of the molecule is O=C(CN1C(=O)NC2(CCCCCC2)C1=O)NC[C@H]1COc2ccccc2O1. The predicted octanol–water partition coefficient (Wildman–Crippen LogP) is 1.59. The van der Waals surface area contributed by atoms with E-state index in [9.17, 15) is 14.4 Å². The molecule has 4 amide bonds. The number of hydrogen-bond donors (Lipinski definition) is 2. The standard InChI is InChI=1S/C20H25N3O5/c24-17(21-11-14-13-27-15-7-3-4-8-16(15)28-14)12-23-18(25)20(22-19(23)26)9-5-1-2-6-10-20/h3-4,7-8,14H,1-2,5-6,9-13H2,(H,21,24)(H,22,26)/t14-/m0/s1. The van der Waals surface area contributed by atoms with Crippen LogP contribution in [0.25, 0.3) is 0 Å². The third-order valence-corrected chi connectivity index (χ3v) is 5.60. The summed E-state index contributed by atoms with van der Waals surface area (Å²) in [7, 11) is 0. The summed E-state index contributed by atoms with van der Waals surface area (Å²) in [6, 6.07) is 6.87. The number of carbonyl (C=O) groups excluding carboxylic acids is 3. The van der Waals surface area contributed by atoms with Crippen LogP contribution in [0.2, 0.25) is 0 Å². The highest BCUT2D eigenvalue weighted by molar-refractivity contribution is 6.09. The summed E-state index contributed by atoms with van der Waals surface area (Å²) in [5.41, 5.74) is -0.822. The summed E-state index contributed by atoms with van der Waals surface area (Å²) in [6.07, 6.45) is 4.91. The minimum absolute atomic E-state index is 0.238. The molecule has 0 radical (unpaired) electrons. The first-order valence-corrected chi connectivity index (χ1v) is 9.87. The molecule has 0 aromatic heterocycles. The highest BCUT2D eigenvalue weighted by atomic mass is 16.6. The van der Waals surface area contributed by atoms with Crippen molar-refractivity contribution in [2.75, 3.05) is 19.7 Å². The first-order valence-electron chi connectivity index (χ1n) is 9.87. The summed E-state index contributed by atoms with van der Waals surface area (Å²) in [6.45, 7) is 0.280. The van der Waals surface area contributed by atoms with E-state index in [0.29, 0.717) is 30.9 Å². The molecular formula is C20H25N3O5. The molecule has 2 aliphatic heterocycles. The molecule has 1 saturated carbocycles. The zero-order valence-electron chi connectivity index (χ0n) is 15.7. The van der Waals surface area contributed by atoms with Gasteiger partial charge >= 0.3 is 6.03 Å². The predicted molar refractivity (Wildman–Crippen MR) is 100 cm³/mol. The van der Waals surface area contributed by atoms with Gasteiger partial charge in [-0.05, 0) is 25.0 Å². The van der Waals surface area contributed by atoms with Gasteiger partial charge in [0.2, 0.25) is 5.91 Å². The number of hydrogen-bond acceptors (Lipinski definition) is 5. The van der Waals surface area contributed by atoms with Crippen molar-refractivity contribution in [2.24, 2.45) is 0 Å². The van der Waals surface area contributed by atoms with Crippen LogP contribution in [-0.4, -0.2) is 54.1 Å². The highest BCUT2D eigenvalue weighted by Gasteiger charge is 2.51. The van der Waals surface area contributed by atoms with Crippen molar-refractivity contribution in [3.63, 3.8) is 0 Å². The number of ether oxygens (including phenoxy) is 2. The van der Waals surface area contributed by atoms with Gasteiger partial charge in [-0.2, -0.15) is 0 Å². The number of fused-ring (bicyclic) bond motifs is 1. The number of nitrogens with zero attached hydrogens (tertiary/aromatic N) is 1. The number of nitrogens with one attached hydrogen (secondary N) is 2. The quantitative estimate of drug-likeness (QED) is 0.765. The minimum Gasteiger partial charge on any atom is -0.486 e. The maximum absolute atomic E-state index is 12.8. The molecule has 1 atom stereocenters. The van der Waals surface area contributed by atoms with Crippen LogP contribution in [-0.2, 0) is 9.59 Å².